The van der Waals surface area contributed by atoms with E-state index in [0.717, 1.165) is 16.5 Å². The number of piperidine rings is 1. The summed E-state index contributed by atoms with van der Waals surface area (Å²) in [5.41, 5.74) is -0.378. The van der Waals surface area contributed by atoms with Gasteiger partial charge in [0, 0.05) is 29.4 Å². The van der Waals surface area contributed by atoms with Crippen LogP contribution in [0.5, 0.6) is 0 Å². The van der Waals surface area contributed by atoms with E-state index in [1.165, 1.54) is 0 Å². The second kappa shape index (κ2) is 5.24. The summed E-state index contributed by atoms with van der Waals surface area (Å²) in [7, 11) is 0. The zero-order valence-electron chi connectivity index (χ0n) is 13.2. The Hall–Kier alpha value is -1.07. The summed E-state index contributed by atoms with van der Waals surface area (Å²) in [6.45, 7) is 6.18. The molecule has 2 aliphatic rings. The minimum absolute atomic E-state index is 0.0634. The molecule has 1 aromatic carbocycles. The molecule has 1 aliphatic heterocycles. The minimum atomic E-state index is -0.829. The van der Waals surface area contributed by atoms with Crippen molar-refractivity contribution in [1.29, 1.82) is 0 Å². The Kier molecular flexibility index (Phi) is 3.76. The fraction of sp³-hybridized carbons (Fsp3) is 0.588. The molecule has 1 saturated carbocycles. The van der Waals surface area contributed by atoms with Gasteiger partial charge in [0.2, 0.25) is 0 Å². The number of benzene rings is 1. The Bertz CT molecular complexity index is 581. The van der Waals surface area contributed by atoms with E-state index in [0.29, 0.717) is 13.0 Å². The van der Waals surface area contributed by atoms with Gasteiger partial charge in [-0.05, 0) is 44.9 Å². The number of nitrogens with zero attached hydrogens (tertiary/aromatic N) is 1. The highest BCUT2D eigenvalue weighted by atomic mass is 79.9. The molecule has 0 radical (unpaired) electrons. The van der Waals surface area contributed by atoms with Gasteiger partial charge < -0.3 is 14.7 Å². The van der Waals surface area contributed by atoms with E-state index in [1.807, 2.05) is 45.0 Å². The van der Waals surface area contributed by atoms with E-state index < -0.39 is 11.2 Å². The van der Waals surface area contributed by atoms with Crippen molar-refractivity contribution >= 4 is 22.0 Å². The van der Waals surface area contributed by atoms with Gasteiger partial charge in [-0.15, -0.1) is 0 Å². The Morgan fingerprint density at radius 3 is 2.50 bits per heavy atom. The molecular weight excluding hydrogens is 346 g/mol. The first kappa shape index (κ1) is 15.8. The smallest absolute Gasteiger partial charge is 0.410 e. The zero-order chi connectivity index (χ0) is 16.1. The molecule has 2 bridgehead atoms. The van der Waals surface area contributed by atoms with Crippen molar-refractivity contribution in [2.75, 3.05) is 6.54 Å². The number of ether oxygens (including phenoxy) is 1. The Morgan fingerprint density at radius 2 is 2.00 bits per heavy atom. The number of halogens is 1. The molecule has 0 aromatic heterocycles. The second-order valence-electron chi connectivity index (χ2n) is 7.35. The highest BCUT2D eigenvalue weighted by Crippen LogP contribution is 2.50. The van der Waals surface area contributed by atoms with E-state index in [2.05, 4.69) is 15.9 Å². The quantitative estimate of drug-likeness (QED) is 0.823. The molecule has 3 atom stereocenters. The van der Waals surface area contributed by atoms with Crippen LogP contribution in [0.3, 0.4) is 0 Å². The van der Waals surface area contributed by atoms with E-state index in [9.17, 15) is 9.90 Å². The zero-order valence-corrected chi connectivity index (χ0v) is 14.8. The van der Waals surface area contributed by atoms with Gasteiger partial charge in [0.15, 0.2) is 0 Å². The molecule has 4 nitrogen and oxygen atoms in total. The molecule has 3 rings (SSSR count). The first-order chi connectivity index (χ1) is 10.2. The molecule has 1 N–H and O–H groups in total. The summed E-state index contributed by atoms with van der Waals surface area (Å²) in [5.74, 6) is 0.0752. The second-order valence-corrected chi connectivity index (χ2v) is 8.27. The van der Waals surface area contributed by atoms with Crippen molar-refractivity contribution in [3.8, 4) is 0 Å². The van der Waals surface area contributed by atoms with Crippen LogP contribution in [0.2, 0.25) is 0 Å². The fourth-order valence-electron chi connectivity index (χ4n) is 3.62. The van der Waals surface area contributed by atoms with Crippen LogP contribution in [-0.2, 0) is 10.3 Å². The molecule has 120 valence electrons. The summed E-state index contributed by atoms with van der Waals surface area (Å²) >= 11 is 3.42. The molecule has 1 amide bonds. The lowest BCUT2D eigenvalue weighted by Crippen LogP contribution is -2.48. The van der Waals surface area contributed by atoms with Crippen molar-refractivity contribution in [2.45, 2.75) is 50.9 Å². The molecule has 2 fully saturated rings. The topological polar surface area (TPSA) is 49.8 Å². The van der Waals surface area contributed by atoms with Gasteiger partial charge in [-0.1, -0.05) is 28.1 Å². The third-order valence-corrected chi connectivity index (χ3v) is 5.14. The largest absolute Gasteiger partial charge is 0.444 e. The van der Waals surface area contributed by atoms with Crippen LogP contribution in [0.15, 0.2) is 28.7 Å². The number of rotatable bonds is 1. The third kappa shape index (κ3) is 2.76. The molecule has 1 aromatic rings. The first-order valence-electron chi connectivity index (χ1n) is 7.67. The molecule has 3 unspecified atom stereocenters. The normalized spacial score (nSPS) is 30.7. The van der Waals surface area contributed by atoms with E-state index >= 15 is 0 Å². The average molecular weight is 368 g/mol. The molecule has 1 aliphatic carbocycles. The van der Waals surface area contributed by atoms with Crippen molar-refractivity contribution in [3.05, 3.63) is 34.3 Å². The highest BCUT2D eigenvalue weighted by Gasteiger charge is 2.56. The fourth-order valence-corrected chi connectivity index (χ4v) is 3.88. The Labute approximate surface area is 139 Å². The van der Waals surface area contributed by atoms with Crippen LogP contribution >= 0.6 is 15.9 Å². The van der Waals surface area contributed by atoms with E-state index in [4.69, 9.17) is 4.74 Å². The molecule has 1 saturated heterocycles. The van der Waals surface area contributed by atoms with Crippen LogP contribution in [0, 0.1) is 5.92 Å². The summed E-state index contributed by atoms with van der Waals surface area (Å²) in [4.78, 5) is 14.0. The average Bonchev–Trinajstić information content (AvgIpc) is 2.95. The SMILES string of the molecule is CC(C)(C)OC(=O)N1CC2CC1CC2(O)c1ccc(Br)cc1. The molecular formula is C17H22BrNO3. The van der Waals surface area contributed by atoms with Gasteiger partial charge in [-0.2, -0.15) is 0 Å². The van der Waals surface area contributed by atoms with Crippen molar-refractivity contribution in [3.63, 3.8) is 0 Å². The lowest BCUT2D eigenvalue weighted by atomic mass is 9.82. The number of amides is 1. The van der Waals surface area contributed by atoms with Crippen LogP contribution in [0.25, 0.3) is 0 Å². The monoisotopic (exact) mass is 367 g/mol. The Balaban J connectivity index is 1.74. The summed E-state index contributed by atoms with van der Waals surface area (Å²) < 4.78 is 6.46. The molecule has 1 heterocycles. The molecule has 5 heteroatoms. The van der Waals surface area contributed by atoms with Crippen molar-refractivity contribution in [1.82, 2.24) is 4.90 Å². The number of carbonyl (C=O) groups is 1. The van der Waals surface area contributed by atoms with Gasteiger partial charge >= 0.3 is 6.09 Å². The number of hydrogen-bond donors (Lipinski definition) is 1. The number of hydrogen-bond acceptors (Lipinski definition) is 3. The van der Waals surface area contributed by atoms with Crippen LogP contribution < -0.4 is 0 Å². The van der Waals surface area contributed by atoms with Gasteiger partial charge in [0.1, 0.15) is 5.60 Å². The highest BCUT2D eigenvalue weighted by molar-refractivity contribution is 9.10. The van der Waals surface area contributed by atoms with Crippen LogP contribution in [0.4, 0.5) is 4.79 Å². The summed E-state index contributed by atoms with van der Waals surface area (Å²) in [6.07, 6.45) is 1.16. The third-order valence-electron chi connectivity index (χ3n) is 4.61. The molecule has 0 spiro atoms. The van der Waals surface area contributed by atoms with Gasteiger partial charge in [-0.3, -0.25) is 0 Å². The lowest BCUT2D eigenvalue weighted by Gasteiger charge is -2.38. The molecule has 22 heavy (non-hydrogen) atoms. The number of fused-ring (bicyclic) bond motifs is 2. The maximum absolute atomic E-state index is 12.3. The van der Waals surface area contributed by atoms with Gasteiger partial charge in [0.25, 0.3) is 0 Å². The number of likely N-dealkylation sites (tertiary alicyclic amines) is 1. The number of carbonyl (C=O) groups excluding carboxylic acids is 1. The number of aliphatic hydroxyl groups is 1. The van der Waals surface area contributed by atoms with Crippen molar-refractivity contribution in [2.24, 2.45) is 5.92 Å². The first-order valence-corrected chi connectivity index (χ1v) is 8.46. The Morgan fingerprint density at radius 1 is 1.36 bits per heavy atom. The van der Waals surface area contributed by atoms with E-state index in [-0.39, 0.29) is 18.1 Å². The predicted molar refractivity (Wildman–Crippen MR) is 87.5 cm³/mol. The minimum Gasteiger partial charge on any atom is -0.444 e. The maximum atomic E-state index is 12.3. The van der Waals surface area contributed by atoms with Crippen LogP contribution in [-0.4, -0.2) is 34.3 Å². The summed E-state index contributed by atoms with van der Waals surface area (Å²) in [5, 5.41) is 11.1. The van der Waals surface area contributed by atoms with Gasteiger partial charge in [-0.25, -0.2) is 4.79 Å². The van der Waals surface area contributed by atoms with Crippen LogP contribution in [0.1, 0.15) is 39.2 Å². The summed E-state index contributed by atoms with van der Waals surface area (Å²) in [6, 6.07) is 7.88. The standard InChI is InChI=1S/C17H22BrNO3/c1-16(2,3)22-15(20)19-10-12-8-14(19)9-17(12,21)11-4-6-13(18)7-5-11/h4-7,12,14,21H,8-10H2,1-3H3. The maximum Gasteiger partial charge on any atom is 0.410 e. The predicted octanol–water partition coefficient (Wildman–Crippen LogP) is 3.67. The van der Waals surface area contributed by atoms with Gasteiger partial charge in [0.05, 0.1) is 5.60 Å². The lowest BCUT2D eigenvalue weighted by molar-refractivity contribution is -0.0439. The van der Waals surface area contributed by atoms with E-state index in [1.54, 1.807) is 4.90 Å². The van der Waals surface area contributed by atoms with Crippen molar-refractivity contribution < 1.29 is 14.6 Å².